The van der Waals surface area contributed by atoms with E-state index in [1.165, 1.54) is 18.2 Å². The maximum Gasteiger partial charge on any atom is 0.410 e. The third-order valence-corrected chi connectivity index (χ3v) is 9.51. The number of amides is 2. The number of carbonyl (C=O) groups excluding carboxylic acids is 2. The second kappa shape index (κ2) is 9.86. The third kappa shape index (κ3) is 4.36. The number of hydrogen-bond acceptors (Lipinski definition) is 6. The van der Waals surface area contributed by atoms with Gasteiger partial charge in [-0.1, -0.05) is 24.3 Å². The lowest BCUT2D eigenvalue weighted by atomic mass is 9.68. The molecule has 8 heteroatoms. The van der Waals surface area contributed by atoms with Crippen LogP contribution in [0.3, 0.4) is 0 Å². The van der Waals surface area contributed by atoms with Gasteiger partial charge in [0.2, 0.25) is 0 Å². The van der Waals surface area contributed by atoms with Crippen molar-refractivity contribution in [2.24, 2.45) is 0 Å². The average molecular weight is 498 g/mol. The Kier molecular flexibility index (Phi) is 6.58. The van der Waals surface area contributed by atoms with E-state index in [4.69, 9.17) is 14.2 Å². The lowest BCUT2D eigenvalue weighted by molar-refractivity contribution is 0.0398. The summed E-state index contributed by atoms with van der Waals surface area (Å²) in [6.45, 7) is 4.61. The normalized spacial score (nSPS) is 31.7. The van der Waals surface area contributed by atoms with Crippen LogP contribution >= 0.6 is 0 Å². The van der Waals surface area contributed by atoms with Gasteiger partial charge in [0.1, 0.15) is 6.10 Å². The molecule has 1 aromatic rings. The number of rotatable bonds is 2. The van der Waals surface area contributed by atoms with Gasteiger partial charge in [0, 0.05) is 43.1 Å². The molecular formula is C28H39N3O5. The first-order valence-electron chi connectivity index (χ1n) is 13.8. The molecule has 0 aromatic heterocycles. The van der Waals surface area contributed by atoms with Gasteiger partial charge < -0.3 is 28.9 Å². The van der Waals surface area contributed by atoms with Crippen LogP contribution in [0.4, 0.5) is 9.59 Å². The number of likely N-dealkylation sites (tertiary alicyclic amines) is 1. The maximum absolute atomic E-state index is 13.1. The van der Waals surface area contributed by atoms with Gasteiger partial charge in [0.05, 0.1) is 20.3 Å². The summed E-state index contributed by atoms with van der Waals surface area (Å²) < 4.78 is 16.3. The van der Waals surface area contributed by atoms with Gasteiger partial charge in [0.15, 0.2) is 0 Å². The molecule has 0 radical (unpaired) electrons. The molecule has 1 spiro atoms. The van der Waals surface area contributed by atoms with E-state index in [1.54, 1.807) is 0 Å². The van der Waals surface area contributed by atoms with E-state index in [0.717, 1.165) is 71.0 Å². The molecule has 0 saturated carbocycles. The summed E-state index contributed by atoms with van der Waals surface area (Å²) in [5, 5.41) is 0. The van der Waals surface area contributed by atoms with Crippen molar-refractivity contribution in [1.29, 1.82) is 0 Å². The van der Waals surface area contributed by atoms with E-state index in [2.05, 4.69) is 34.1 Å². The highest BCUT2D eigenvalue weighted by Crippen LogP contribution is 2.44. The smallest absolute Gasteiger partial charge is 0.410 e. The average Bonchev–Trinajstić information content (AvgIpc) is 3.51. The van der Waals surface area contributed by atoms with Crippen LogP contribution < -0.4 is 0 Å². The second-order valence-corrected chi connectivity index (χ2v) is 11.4. The quantitative estimate of drug-likeness (QED) is 0.617. The molecule has 36 heavy (non-hydrogen) atoms. The van der Waals surface area contributed by atoms with E-state index in [1.807, 2.05) is 4.90 Å². The van der Waals surface area contributed by atoms with Crippen molar-refractivity contribution in [1.82, 2.24) is 14.7 Å². The van der Waals surface area contributed by atoms with Crippen LogP contribution in [0.25, 0.3) is 0 Å². The molecule has 2 amide bonds. The topological polar surface area (TPSA) is 71.6 Å². The summed E-state index contributed by atoms with van der Waals surface area (Å²) >= 11 is 0. The summed E-state index contributed by atoms with van der Waals surface area (Å²) in [7, 11) is 1.47. The Labute approximate surface area is 213 Å². The van der Waals surface area contributed by atoms with Gasteiger partial charge in [0.25, 0.3) is 0 Å². The summed E-state index contributed by atoms with van der Waals surface area (Å²) in [6.07, 6.45) is 7.83. The Bertz CT molecular complexity index is 972. The van der Waals surface area contributed by atoms with Crippen molar-refractivity contribution in [3.8, 4) is 0 Å². The van der Waals surface area contributed by atoms with Gasteiger partial charge in [-0.25, -0.2) is 9.59 Å². The molecule has 2 bridgehead atoms. The predicted octanol–water partition coefficient (Wildman–Crippen LogP) is 3.91. The highest BCUT2D eigenvalue weighted by molar-refractivity contribution is 5.69. The number of ether oxygens (including phenoxy) is 3. The van der Waals surface area contributed by atoms with Gasteiger partial charge in [-0.3, -0.25) is 0 Å². The summed E-state index contributed by atoms with van der Waals surface area (Å²) in [5.41, 5.74) is 2.65. The first-order valence-corrected chi connectivity index (χ1v) is 13.8. The Morgan fingerprint density at radius 1 is 0.972 bits per heavy atom. The fourth-order valence-corrected chi connectivity index (χ4v) is 7.62. The number of benzene rings is 1. The summed E-state index contributed by atoms with van der Waals surface area (Å²) in [4.78, 5) is 32.2. The monoisotopic (exact) mass is 497 g/mol. The van der Waals surface area contributed by atoms with Crippen molar-refractivity contribution in [2.45, 2.75) is 87.6 Å². The molecule has 0 aliphatic carbocycles. The first-order chi connectivity index (χ1) is 17.6. The van der Waals surface area contributed by atoms with Crippen LogP contribution in [0.1, 0.15) is 62.5 Å². The fourth-order valence-electron chi connectivity index (χ4n) is 7.62. The molecule has 196 valence electrons. The molecule has 4 fully saturated rings. The number of hydrogen-bond donors (Lipinski definition) is 0. The number of fused-ring (bicyclic) bond motifs is 4. The van der Waals surface area contributed by atoms with Gasteiger partial charge in [-0.15, -0.1) is 0 Å². The fraction of sp³-hybridized carbons (Fsp3) is 0.714. The molecule has 4 atom stereocenters. The van der Waals surface area contributed by atoms with Gasteiger partial charge in [-0.05, 0) is 69.2 Å². The molecule has 0 N–H and O–H groups in total. The Morgan fingerprint density at radius 2 is 1.72 bits per heavy atom. The standard InChI is InChI=1S/C28H39N3O5/c1-34-26(32)30-17-20-4-2-3-5-25(20)28(19-30)11-13-29(14-12-28)22-8-6-21-7-9-23(16-22)31(21)27(33)36-24-10-15-35-18-24/h2-5,21-24H,6-19H2,1H3/t21?,22?,23?,24-/m0/s1. The van der Waals surface area contributed by atoms with Crippen molar-refractivity contribution in [3.63, 3.8) is 0 Å². The zero-order chi connectivity index (χ0) is 24.7. The first kappa shape index (κ1) is 24.0. The summed E-state index contributed by atoms with van der Waals surface area (Å²) in [6, 6.07) is 9.71. The Hall–Kier alpha value is -2.32. The van der Waals surface area contributed by atoms with E-state index in [0.29, 0.717) is 31.8 Å². The second-order valence-electron chi connectivity index (χ2n) is 11.4. The highest BCUT2D eigenvalue weighted by Gasteiger charge is 2.47. The third-order valence-electron chi connectivity index (χ3n) is 9.51. The van der Waals surface area contributed by atoms with Crippen LogP contribution in [0, 0.1) is 0 Å². The minimum absolute atomic E-state index is 0.0114. The lowest BCUT2D eigenvalue weighted by Gasteiger charge is -2.49. The molecule has 3 unspecified atom stereocenters. The maximum atomic E-state index is 13.1. The van der Waals surface area contributed by atoms with Crippen LogP contribution in [0.2, 0.25) is 0 Å². The van der Waals surface area contributed by atoms with Crippen LogP contribution in [0.15, 0.2) is 24.3 Å². The van der Waals surface area contributed by atoms with Crippen molar-refractivity contribution in [2.75, 3.05) is 40.0 Å². The molecule has 8 nitrogen and oxygen atoms in total. The van der Waals surface area contributed by atoms with E-state index >= 15 is 0 Å². The molecule has 5 heterocycles. The van der Waals surface area contributed by atoms with Crippen molar-refractivity contribution in [3.05, 3.63) is 35.4 Å². The number of piperidine rings is 1. The largest absolute Gasteiger partial charge is 0.453 e. The number of nitrogens with zero attached hydrogens (tertiary/aromatic N) is 3. The zero-order valence-corrected chi connectivity index (χ0v) is 21.4. The number of carbonyl (C=O) groups is 2. The van der Waals surface area contributed by atoms with E-state index in [9.17, 15) is 9.59 Å². The minimum Gasteiger partial charge on any atom is -0.453 e. The van der Waals surface area contributed by atoms with Crippen LogP contribution in [-0.4, -0.2) is 91.1 Å². The van der Waals surface area contributed by atoms with E-state index in [-0.39, 0.29) is 29.7 Å². The minimum atomic E-state index is -0.234. The lowest BCUT2D eigenvalue weighted by Crippen LogP contribution is -2.55. The Balaban J connectivity index is 1.13. The number of methoxy groups -OCH3 is 1. The van der Waals surface area contributed by atoms with Crippen LogP contribution in [-0.2, 0) is 26.2 Å². The SMILES string of the molecule is COC(=O)N1Cc2ccccc2C2(CCN(C3CCC4CCC(C3)N4C(=O)O[C@H]3CCOC3)CC2)C1. The molecule has 5 aliphatic heterocycles. The molecule has 4 saturated heterocycles. The Morgan fingerprint density at radius 3 is 2.47 bits per heavy atom. The molecule has 6 rings (SSSR count). The van der Waals surface area contributed by atoms with Gasteiger partial charge in [-0.2, -0.15) is 0 Å². The summed E-state index contributed by atoms with van der Waals surface area (Å²) in [5.74, 6) is 0. The molecule has 1 aromatic carbocycles. The zero-order valence-electron chi connectivity index (χ0n) is 21.4. The van der Waals surface area contributed by atoms with Gasteiger partial charge >= 0.3 is 12.2 Å². The van der Waals surface area contributed by atoms with Crippen molar-refractivity contribution >= 4 is 12.2 Å². The molecular weight excluding hydrogens is 458 g/mol. The molecule has 5 aliphatic rings. The highest BCUT2D eigenvalue weighted by atomic mass is 16.6. The van der Waals surface area contributed by atoms with Crippen molar-refractivity contribution < 1.29 is 23.8 Å². The predicted molar refractivity (Wildman–Crippen MR) is 134 cm³/mol. The van der Waals surface area contributed by atoms with E-state index < -0.39 is 0 Å². The van der Waals surface area contributed by atoms with Crippen LogP contribution in [0.5, 0.6) is 0 Å².